The van der Waals surface area contributed by atoms with Gasteiger partial charge in [0.2, 0.25) is 0 Å². The fraction of sp³-hybridized carbons (Fsp3) is 0.391. The van der Waals surface area contributed by atoms with Gasteiger partial charge in [-0.15, -0.1) is 11.3 Å². The summed E-state index contributed by atoms with van der Waals surface area (Å²) in [4.78, 5) is 16.9. The van der Waals surface area contributed by atoms with Gasteiger partial charge in [0.1, 0.15) is 0 Å². The lowest BCUT2D eigenvalue weighted by Gasteiger charge is -2.27. The lowest BCUT2D eigenvalue weighted by atomic mass is 10.1. The van der Waals surface area contributed by atoms with Crippen LogP contribution in [0.2, 0.25) is 5.02 Å². The van der Waals surface area contributed by atoms with Gasteiger partial charge >= 0.3 is 0 Å². The molecule has 1 aliphatic rings. The number of likely N-dealkylation sites (tertiary alicyclic amines) is 1. The largest absolute Gasteiger partial charge is 0.350 e. The average molecular weight is 443 g/mol. The van der Waals surface area contributed by atoms with Crippen LogP contribution in [0.4, 0.5) is 0 Å². The summed E-state index contributed by atoms with van der Waals surface area (Å²) in [6, 6.07) is 12.2. The number of amides is 1. The second-order valence-electron chi connectivity index (χ2n) is 7.78. The van der Waals surface area contributed by atoms with Crippen molar-refractivity contribution in [2.75, 3.05) is 19.6 Å². The standard InChI is InChI=1S/C23H27ClN4OS/c1-16-22(17(2)28(26-16)15-18-8-3-4-9-19(18)24)23(29)25-14-20(21-10-7-13-30-21)27-11-5-6-12-27/h3-4,7-10,13,20H,5-6,11-12,14-15H2,1-2H3,(H,25,29). The molecule has 7 heteroatoms. The summed E-state index contributed by atoms with van der Waals surface area (Å²) in [5.41, 5.74) is 3.25. The van der Waals surface area contributed by atoms with Gasteiger partial charge in [-0.1, -0.05) is 35.9 Å². The van der Waals surface area contributed by atoms with E-state index in [1.54, 1.807) is 11.3 Å². The SMILES string of the molecule is Cc1nn(Cc2ccccc2Cl)c(C)c1C(=O)NCC(c1cccs1)N1CCCC1. The predicted octanol–water partition coefficient (Wildman–Crippen LogP) is 4.83. The third-order valence-electron chi connectivity index (χ3n) is 5.80. The van der Waals surface area contributed by atoms with Crippen molar-refractivity contribution >= 4 is 28.8 Å². The summed E-state index contributed by atoms with van der Waals surface area (Å²) in [5, 5.41) is 10.6. The van der Waals surface area contributed by atoms with Gasteiger partial charge in [-0.3, -0.25) is 14.4 Å². The Morgan fingerprint density at radius 1 is 1.20 bits per heavy atom. The van der Waals surface area contributed by atoms with E-state index >= 15 is 0 Å². The molecule has 30 heavy (non-hydrogen) atoms. The molecule has 1 atom stereocenters. The van der Waals surface area contributed by atoms with Crippen molar-refractivity contribution in [3.8, 4) is 0 Å². The number of aryl methyl sites for hydroxylation is 1. The zero-order valence-electron chi connectivity index (χ0n) is 17.4. The number of carbonyl (C=O) groups is 1. The number of hydrogen-bond acceptors (Lipinski definition) is 4. The van der Waals surface area contributed by atoms with Crippen molar-refractivity contribution in [3.05, 3.63) is 74.2 Å². The van der Waals surface area contributed by atoms with Crippen molar-refractivity contribution in [2.45, 2.75) is 39.3 Å². The smallest absolute Gasteiger partial charge is 0.255 e. The van der Waals surface area contributed by atoms with Crippen LogP contribution in [0.1, 0.15) is 51.1 Å². The van der Waals surface area contributed by atoms with Gasteiger partial charge in [-0.05, 0) is 62.9 Å². The van der Waals surface area contributed by atoms with Crippen molar-refractivity contribution < 1.29 is 4.79 Å². The molecule has 1 aliphatic heterocycles. The molecular formula is C23H27ClN4OS. The first-order valence-electron chi connectivity index (χ1n) is 10.4. The van der Waals surface area contributed by atoms with Crippen LogP contribution in [0.15, 0.2) is 41.8 Å². The first-order valence-corrected chi connectivity index (χ1v) is 11.6. The van der Waals surface area contributed by atoms with Crippen LogP contribution in [0.3, 0.4) is 0 Å². The zero-order chi connectivity index (χ0) is 21.1. The van der Waals surface area contributed by atoms with Crippen molar-refractivity contribution in [2.24, 2.45) is 0 Å². The number of hydrogen-bond donors (Lipinski definition) is 1. The third kappa shape index (κ3) is 4.46. The van der Waals surface area contributed by atoms with Crippen molar-refractivity contribution in [1.29, 1.82) is 0 Å². The number of rotatable bonds is 7. The molecule has 3 heterocycles. The molecule has 4 rings (SSSR count). The van der Waals surface area contributed by atoms with Crippen LogP contribution in [0.5, 0.6) is 0 Å². The van der Waals surface area contributed by atoms with E-state index in [0.717, 1.165) is 30.0 Å². The second-order valence-corrected chi connectivity index (χ2v) is 9.17. The summed E-state index contributed by atoms with van der Waals surface area (Å²) in [6.45, 7) is 7.17. The summed E-state index contributed by atoms with van der Waals surface area (Å²) >= 11 is 8.06. The number of nitrogens with zero attached hydrogens (tertiary/aromatic N) is 3. The minimum absolute atomic E-state index is 0.0591. The quantitative estimate of drug-likeness (QED) is 0.570. The van der Waals surface area contributed by atoms with Crippen LogP contribution in [-0.2, 0) is 6.54 Å². The summed E-state index contributed by atoms with van der Waals surface area (Å²) in [5.74, 6) is -0.0591. The van der Waals surface area contributed by atoms with Gasteiger partial charge in [-0.25, -0.2) is 0 Å². The van der Waals surface area contributed by atoms with E-state index in [0.29, 0.717) is 23.7 Å². The summed E-state index contributed by atoms with van der Waals surface area (Å²) in [7, 11) is 0. The second kappa shape index (κ2) is 9.33. The van der Waals surface area contributed by atoms with Gasteiger partial charge in [0, 0.05) is 22.1 Å². The molecule has 5 nitrogen and oxygen atoms in total. The van der Waals surface area contributed by atoms with E-state index < -0.39 is 0 Å². The van der Waals surface area contributed by atoms with Crippen LogP contribution in [0.25, 0.3) is 0 Å². The number of halogens is 1. The van der Waals surface area contributed by atoms with E-state index in [9.17, 15) is 4.79 Å². The number of aromatic nitrogens is 2. The minimum atomic E-state index is -0.0591. The Morgan fingerprint density at radius 2 is 1.97 bits per heavy atom. The number of nitrogens with one attached hydrogen (secondary N) is 1. The Kier molecular flexibility index (Phi) is 6.56. The highest BCUT2D eigenvalue weighted by molar-refractivity contribution is 7.10. The van der Waals surface area contributed by atoms with Gasteiger partial charge in [0.25, 0.3) is 5.91 Å². The van der Waals surface area contributed by atoms with Gasteiger partial charge < -0.3 is 5.32 Å². The highest BCUT2D eigenvalue weighted by atomic mass is 35.5. The molecule has 0 aliphatic carbocycles. The normalized spacial score (nSPS) is 15.4. The Bertz CT molecular complexity index is 1010. The topological polar surface area (TPSA) is 50.2 Å². The third-order valence-corrected chi connectivity index (χ3v) is 7.14. The maximum atomic E-state index is 13.1. The minimum Gasteiger partial charge on any atom is -0.350 e. The molecule has 0 radical (unpaired) electrons. The van der Waals surface area contributed by atoms with Gasteiger partial charge in [0.15, 0.2) is 0 Å². The average Bonchev–Trinajstić information content (AvgIpc) is 3.48. The molecule has 1 N–H and O–H groups in total. The maximum absolute atomic E-state index is 13.1. The molecular weight excluding hydrogens is 416 g/mol. The van der Waals surface area contributed by atoms with E-state index in [-0.39, 0.29) is 11.9 Å². The molecule has 3 aromatic rings. The molecule has 1 aromatic carbocycles. The summed E-state index contributed by atoms with van der Waals surface area (Å²) in [6.07, 6.45) is 2.45. The Hall–Kier alpha value is -2.15. The first kappa shape index (κ1) is 21.1. The molecule has 1 saturated heterocycles. The highest BCUT2D eigenvalue weighted by Gasteiger charge is 2.26. The lowest BCUT2D eigenvalue weighted by molar-refractivity contribution is 0.0937. The number of carbonyl (C=O) groups excluding carboxylic acids is 1. The fourth-order valence-corrected chi connectivity index (χ4v) is 5.25. The highest BCUT2D eigenvalue weighted by Crippen LogP contribution is 2.28. The first-order chi connectivity index (χ1) is 14.5. The Labute approximate surface area is 186 Å². The van der Waals surface area contributed by atoms with E-state index in [2.05, 4.69) is 32.8 Å². The molecule has 0 saturated carbocycles. The molecule has 0 spiro atoms. The molecule has 1 unspecified atom stereocenters. The van der Waals surface area contributed by atoms with Crippen molar-refractivity contribution in [3.63, 3.8) is 0 Å². The van der Waals surface area contributed by atoms with E-state index in [1.807, 2.05) is 42.8 Å². The van der Waals surface area contributed by atoms with Crippen LogP contribution < -0.4 is 5.32 Å². The number of benzene rings is 1. The summed E-state index contributed by atoms with van der Waals surface area (Å²) < 4.78 is 1.86. The molecule has 2 aromatic heterocycles. The Balaban J connectivity index is 1.49. The van der Waals surface area contributed by atoms with E-state index in [4.69, 9.17) is 11.6 Å². The monoisotopic (exact) mass is 442 g/mol. The molecule has 1 fully saturated rings. The number of thiophene rings is 1. The van der Waals surface area contributed by atoms with Crippen molar-refractivity contribution in [1.82, 2.24) is 20.0 Å². The lowest BCUT2D eigenvalue weighted by Crippen LogP contribution is -2.36. The molecule has 0 bridgehead atoms. The molecule has 1 amide bonds. The molecule has 158 valence electrons. The van der Waals surface area contributed by atoms with Gasteiger partial charge in [-0.2, -0.15) is 5.10 Å². The van der Waals surface area contributed by atoms with Crippen LogP contribution >= 0.6 is 22.9 Å². The van der Waals surface area contributed by atoms with Crippen LogP contribution in [0, 0.1) is 13.8 Å². The van der Waals surface area contributed by atoms with Gasteiger partial charge in [0.05, 0.1) is 23.8 Å². The Morgan fingerprint density at radius 3 is 2.67 bits per heavy atom. The fourth-order valence-electron chi connectivity index (χ4n) is 4.19. The van der Waals surface area contributed by atoms with E-state index in [1.165, 1.54) is 17.7 Å². The maximum Gasteiger partial charge on any atom is 0.255 e. The predicted molar refractivity (Wildman–Crippen MR) is 122 cm³/mol. The van der Waals surface area contributed by atoms with Crippen LogP contribution in [-0.4, -0.2) is 40.2 Å². The zero-order valence-corrected chi connectivity index (χ0v) is 19.0.